The van der Waals surface area contributed by atoms with Gasteiger partial charge < -0.3 is 5.11 Å². The zero-order valence-electron chi connectivity index (χ0n) is 11.3. The summed E-state index contributed by atoms with van der Waals surface area (Å²) in [6.07, 6.45) is 8.46. The summed E-state index contributed by atoms with van der Waals surface area (Å²) in [5.41, 5.74) is 0. The third-order valence-corrected chi connectivity index (χ3v) is 4.04. The van der Waals surface area contributed by atoms with Crippen molar-refractivity contribution >= 4 is 0 Å². The van der Waals surface area contributed by atoms with E-state index in [2.05, 4.69) is 25.7 Å². The molecule has 16 heavy (non-hydrogen) atoms. The largest absolute Gasteiger partial charge is 0.378 e. The summed E-state index contributed by atoms with van der Waals surface area (Å²) >= 11 is 0. The van der Waals surface area contributed by atoms with Crippen LogP contribution in [0.3, 0.4) is 0 Å². The van der Waals surface area contributed by atoms with Crippen molar-refractivity contribution in [1.29, 1.82) is 0 Å². The number of aliphatic hydroxyl groups is 1. The molecule has 1 rings (SSSR count). The van der Waals surface area contributed by atoms with Crippen molar-refractivity contribution in [2.75, 3.05) is 6.54 Å². The minimum Gasteiger partial charge on any atom is -0.378 e. The van der Waals surface area contributed by atoms with Crippen molar-refractivity contribution in [3.8, 4) is 0 Å². The Balaban J connectivity index is 2.60. The SMILES string of the molecule is CCCC(O)N(CC)C1CCCCCC1C. The van der Waals surface area contributed by atoms with E-state index < -0.39 is 0 Å². The first-order valence-corrected chi connectivity index (χ1v) is 7.14. The molecule has 1 fully saturated rings. The fraction of sp³-hybridized carbons (Fsp3) is 1.00. The summed E-state index contributed by atoms with van der Waals surface area (Å²) < 4.78 is 0. The molecule has 3 atom stereocenters. The zero-order valence-corrected chi connectivity index (χ0v) is 11.3. The second-order valence-electron chi connectivity index (χ2n) is 5.28. The molecule has 0 heterocycles. The first kappa shape index (κ1) is 14.0. The van der Waals surface area contributed by atoms with Gasteiger partial charge in [0.15, 0.2) is 0 Å². The summed E-state index contributed by atoms with van der Waals surface area (Å²) in [6.45, 7) is 7.66. The Labute approximate surface area is 101 Å². The van der Waals surface area contributed by atoms with Crippen LogP contribution in [0.1, 0.15) is 65.7 Å². The lowest BCUT2D eigenvalue weighted by atomic mass is 9.95. The van der Waals surface area contributed by atoms with Crippen molar-refractivity contribution in [1.82, 2.24) is 4.90 Å². The van der Waals surface area contributed by atoms with Crippen LogP contribution >= 0.6 is 0 Å². The number of hydrogen-bond acceptors (Lipinski definition) is 2. The Kier molecular flexibility index (Phi) is 6.37. The maximum absolute atomic E-state index is 10.2. The van der Waals surface area contributed by atoms with Gasteiger partial charge in [0.05, 0.1) is 0 Å². The third kappa shape index (κ3) is 3.74. The van der Waals surface area contributed by atoms with Crippen molar-refractivity contribution in [3.05, 3.63) is 0 Å². The van der Waals surface area contributed by atoms with Gasteiger partial charge in [0.2, 0.25) is 0 Å². The Hall–Kier alpha value is -0.0800. The molecule has 0 amide bonds. The molecular formula is C14H29NO. The highest BCUT2D eigenvalue weighted by molar-refractivity contribution is 4.80. The van der Waals surface area contributed by atoms with Crippen molar-refractivity contribution in [3.63, 3.8) is 0 Å². The van der Waals surface area contributed by atoms with Gasteiger partial charge in [-0.3, -0.25) is 4.90 Å². The molecule has 0 saturated heterocycles. The molecule has 0 radical (unpaired) electrons. The lowest BCUT2D eigenvalue weighted by molar-refractivity contribution is -0.0427. The Morgan fingerprint density at radius 2 is 1.88 bits per heavy atom. The number of nitrogens with zero attached hydrogens (tertiary/aromatic N) is 1. The van der Waals surface area contributed by atoms with Crippen molar-refractivity contribution < 1.29 is 5.11 Å². The maximum Gasteiger partial charge on any atom is 0.107 e. The molecule has 0 aromatic carbocycles. The lowest BCUT2D eigenvalue weighted by Crippen LogP contribution is -2.46. The smallest absolute Gasteiger partial charge is 0.107 e. The van der Waals surface area contributed by atoms with Crippen LogP contribution in [0.25, 0.3) is 0 Å². The first-order chi connectivity index (χ1) is 7.70. The monoisotopic (exact) mass is 227 g/mol. The fourth-order valence-electron chi connectivity index (χ4n) is 3.06. The van der Waals surface area contributed by atoms with Crippen LogP contribution in [0.15, 0.2) is 0 Å². The van der Waals surface area contributed by atoms with Crippen LogP contribution < -0.4 is 0 Å². The second-order valence-corrected chi connectivity index (χ2v) is 5.28. The molecule has 2 nitrogen and oxygen atoms in total. The molecule has 1 aliphatic rings. The molecule has 2 heteroatoms. The molecule has 0 aromatic heterocycles. The van der Waals surface area contributed by atoms with Crippen molar-refractivity contribution in [2.45, 2.75) is 78.0 Å². The highest BCUT2D eigenvalue weighted by atomic mass is 16.3. The van der Waals surface area contributed by atoms with Crippen LogP contribution in [0.4, 0.5) is 0 Å². The van der Waals surface area contributed by atoms with E-state index in [1.165, 1.54) is 32.1 Å². The first-order valence-electron chi connectivity index (χ1n) is 7.14. The highest BCUT2D eigenvalue weighted by Crippen LogP contribution is 2.28. The van der Waals surface area contributed by atoms with Gasteiger partial charge in [0, 0.05) is 6.04 Å². The summed E-state index contributed by atoms with van der Waals surface area (Å²) in [4.78, 5) is 2.33. The standard InChI is InChI=1S/C14H29NO/c1-4-9-14(16)15(5-2)13-11-8-6-7-10-12(13)3/h12-14,16H,4-11H2,1-3H3. The van der Waals surface area contributed by atoms with Gasteiger partial charge in [-0.1, -0.05) is 46.5 Å². The molecule has 1 aliphatic carbocycles. The number of rotatable bonds is 5. The van der Waals surface area contributed by atoms with Crippen LogP contribution in [0, 0.1) is 5.92 Å². The molecule has 3 unspecified atom stereocenters. The quantitative estimate of drug-likeness (QED) is 0.575. The molecule has 0 aliphatic heterocycles. The van der Waals surface area contributed by atoms with Gasteiger partial charge in [-0.05, 0) is 31.7 Å². The van der Waals surface area contributed by atoms with Gasteiger partial charge in [-0.15, -0.1) is 0 Å². The van der Waals surface area contributed by atoms with E-state index in [4.69, 9.17) is 0 Å². The Morgan fingerprint density at radius 1 is 1.19 bits per heavy atom. The predicted octanol–water partition coefficient (Wildman–Crippen LogP) is 3.40. The molecule has 0 aromatic rings. The van der Waals surface area contributed by atoms with E-state index in [0.29, 0.717) is 6.04 Å². The zero-order chi connectivity index (χ0) is 12.0. The van der Waals surface area contributed by atoms with Gasteiger partial charge in [-0.2, -0.15) is 0 Å². The van der Waals surface area contributed by atoms with E-state index in [0.717, 1.165) is 25.3 Å². The van der Waals surface area contributed by atoms with Gasteiger partial charge in [-0.25, -0.2) is 0 Å². The van der Waals surface area contributed by atoms with Gasteiger partial charge in [0.1, 0.15) is 6.23 Å². The maximum atomic E-state index is 10.2. The van der Waals surface area contributed by atoms with Crippen LogP contribution in [-0.2, 0) is 0 Å². The average Bonchev–Trinajstić information content (AvgIpc) is 2.46. The summed E-state index contributed by atoms with van der Waals surface area (Å²) in [5.74, 6) is 0.744. The highest BCUT2D eigenvalue weighted by Gasteiger charge is 2.28. The van der Waals surface area contributed by atoms with E-state index in [1.54, 1.807) is 0 Å². The fourth-order valence-corrected chi connectivity index (χ4v) is 3.06. The minimum atomic E-state index is -0.222. The summed E-state index contributed by atoms with van der Waals surface area (Å²) in [5, 5.41) is 10.2. The molecule has 1 saturated carbocycles. The molecule has 1 N–H and O–H groups in total. The lowest BCUT2D eigenvalue weighted by Gasteiger charge is -2.37. The van der Waals surface area contributed by atoms with E-state index in [-0.39, 0.29) is 6.23 Å². The molecular weight excluding hydrogens is 198 g/mol. The number of hydrogen-bond donors (Lipinski definition) is 1. The van der Waals surface area contributed by atoms with Crippen LogP contribution in [-0.4, -0.2) is 28.8 Å². The predicted molar refractivity (Wildman–Crippen MR) is 69.3 cm³/mol. The third-order valence-electron chi connectivity index (χ3n) is 4.04. The molecule has 0 bridgehead atoms. The van der Waals surface area contributed by atoms with Gasteiger partial charge >= 0.3 is 0 Å². The molecule has 0 spiro atoms. The van der Waals surface area contributed by atoms with E-state index in [1.807, 2.05) is 0 Å². The second kappa shape index (κ2) is 7.29. The number of aliphatic hydroxyl groups excluding tert-OH is 1. The Morgan fingerprint density at radius 3 is 2.50 bits per heavy atom. The summed E-state index contributed by atoms with van der Waals surface area (Å²) in [7, 11) is 0. The van der Waals surface area contributed by atoms with E-state index in [9.17, 15) is 5.11 Å². The van der Waals surface area contributed by atoms with Gasteiger partial charge in [0.25, 0.3) is 0 Å². The van der Waals surface area contributed by atoms with Crippen LogP contribution in [0.5, 0.6) is 0 Å². The van der Waals surface area contributed by atoms with Crippen LogP contribution in [0.2, 0.25) is 0 Å². The normalized spacial score (nSPS) is 29.1. The average molecular weight is 227 g/mol. The summed E-state index contributed by atoms with van der Waals surface area (Å²) in [6, 6.07) is 0.606. The Bertz CT molecular complexity index is 184. The molecule has 96 valence electrons. The minimum absolute atomic E-state index is 0.222. The van der Waals surface area contributed by atoms with Crippen molar-refractivity contribution in [2.24, 2.45) is 5.92 Å². The van der Waals surface area contributed by atoms with E-state index >= 15 is 0 Å². The topological polar surface area (TPSA) is 23.5 Å².